The molecule has 2 heterocycles. The largest absolute Gasteiger partial charge is 0.254 e. The Labute approximate surface area is 145 Å². The maximum atomic E-state index is 12.1. The zero-order chi connectivity index (χ0) is 16.8. The van der Waals surface area contributed by atoms with Gasteiger partial charge in [-0.1, -0.05) is 36.4 Å². The smallest absolute Gasteiger partial charge is 0.215 e. The highest BCUT2D eigenvalue weighted by Gasteiger charge is 2.11. The van der Waals surface area contributed by atoms with Crippen molar-refractivity contribution >= 4 is 21.4 Å². The third-order valence-electron chi connectivity index (χ3n) is 3.34. The van der Waals surface area contributed by atoms with Crippen LogP contribution in [-0.4, -0.2) is 24.9 Å². The molecule has 0 atom stereocenters. The van der Waals surface area contributed by atoms with Crippen molar-refractivity contribution in [2.75, 3.05) is 6.54 Å². The van der Waals surface area contributed by atoms with Gasteiger partial charge in [0.1, 0.15) is 5.01 Å². The molecule has 3 rings (SSSR count). The highest BCUT2D eigenvalue weighted by Crippen LogP contribution is 2.21. The molecule has 0 saturated carbocycles. The summed E-state index contributed by atoms with van der Waals surface area (Å²) in [6.45, 7) is 0.334. The van der Waals surface area contributed by atoms with E-state index in [4.69, 9.17) is 0 Å². The van der Waals surface area contributed by atoms with Crippen molar-refractivity contribution in [3.63, 3.8) is 0 Å². The van der Waals surface area contributed by atoms with E-state index in [0.29, 0.717) is 13.0 Å². The van der Waals surface area contributed by atoms with Crippen molar-refractivity contribution in [1.82, 2.24) is 14.7 Å². The molecule has 0 aliphatic rings. The summed E-state index contributed by atoms with van der Waals surface area (Å²) in [7, 11) is -3.34. The monoisotopic (exact) mass is 359 g/mol. The first kappa shape index (κ1) is 16.8. The first-order chi connectivity index (χ1) is 11.6. The molecule has 7 heteroatoms. The Balaban J connectivity index is 1.54. The minimum absolute atomic E-state index is 0.00983. The Morgan fingerprint density at radius 2 is 1.83 bits per heavy atom. The zero-order valence-corrected chi connectivity index (χ0v) is 14.6. The second kappa shape index (κ2) is 7.65. The van der Waals surface area contributed by atoms with Gasteiger partial charge in [0.05, 0.1) is 17.1 Å². The Morgan fingerprint density at radius 3 is 2.58 bits per heavy atom. The van der Waals surface area contributed by atoms with E-state index in [1.165, 1.54) is 11.3 Å². The zero-order valence-electron chi connectivity index (χ0n) is 12.9. The summed E-state index contributed by atoms with van der Waals surface area (Å²) in [5.74, 6) is -0.00983. The number of nitrogens with one attached hydrogen (secondary N) is 1. The van der Waals surface area contributed by atoms with Gasteiger partial charge in [0.15, 0.2) is 0 Å². The highest BCUT2D eigenvalue weighted by atomic mass is 32.2. The number of nitrogens with zero attached hydrogens (tertiary/aromatic N) is 2. The number of benzene rings is 1. The van der Waals surface area contributed by atoms with Crippen molar-refractivity contribution in [3.8, 4) is 10.7 Å². The van der Waals surface area contributed by atoms with Crippen molar-refractivity contribution in [2.24, 2.45) is 0 Å². The molecule has 1 N–H and O–H groups in total. The Kier molecular flexibility index (Phi) is 5.34. The predicted octanol–water partition coefficient (Wildman–Crippen LogP) is 2.87. The number of aromatic nitrogens is 2. The molecule has 0 unspecified atom stereocenters. The van der Waals surface area contributed by atoms with Gasteiger partial charge in [0.25, 0.3) is 0 Å². The lowest BCUT2D eigenvalue weighted by atomic mass is 10.2. The number of rotatable bonds is 7. The normalized spacial score (nSPS) is 11.5. The summed E-state index contributed by atoms with van der Waals surface area (Å²) < 4.78 is 26.8. The molecule has 0 saturated heterocycles. The van der Waals surface area contributed by atoms with Crippen LogP contribution in [0.3, 0.4) is 0 Å². The van der Waals surface area contributed by atoms with E-state index in [2.05, 4.69) is 14.7 Å². The van der Waals surface area contributed by atoms with Crippen molar-refractivity contribution in [3.05, 3.63) is 71.4 Å². The molecule has 1 aromatic carbocycles. The lowest BCUT2D eigenvalue weighted by Crippen LogP contribution is -2.27. The molecule has 0 aliphatic heterocycles. The maximum Gasteiger partial charge on any atom is 0.215 e. The predicted molar refractivity (Wildman–Crippen MR) is 96.1 cm³/mol. The fraction of sp³-hybridized carbons (Fsp3) is 0.176. The molecule has 0 amide bonds. The third kappa shape index (κ3) is 4.70. The summed E-state index contributed by atoms with van der Waals surface area (Å²) in [4.78, 5) is 8.77. The molecule has 124 valence electrons. The van der Waals surface area contributed by atoms with E-state index in [9.17, 15) is 8.42 Å². The van der Waals surface area contributed by atoms with E-state index < -0.39 is 10.0 Å². The van der Waals surface area contributed by atoms with E-state index in [1.807, 2.05) is 41.8 Å². The van der Waals surface area contributed by atoms with Crippen LogP contribution in [-0.2, 0) is 22.2 Å². The summed E-state index contributed by atoms with van der Waals surface area (Å²) in [6, 6.07) is 14.8. The van der Waals surface area contributed by atoms with Crippen LogP contribution in [0, 0.1) is 0 Å². The number of hydrogen-bond donors (Lipinski definition) is 1. The summed E-state index contributed by atoms with van der Waals surface area (Å²) in [5.41, 5.74) is 2.47. The van der Waals surface area contributed by atoms with Crippen LogP contribution in [0.1, 0.15) is 11.3 Å². The second-order valence-corrected chi connectivity index (χ2v) is 7.91. The Morgan fingerprint density at radius 1 is 1.04 bits per heavy atom. The molecule has 0 radical (unpaired) electrons. The average Bonchev–Trinajstić information content (AvgIpc) is 3.05. The summed E-state index contributed by atoms with van der Waals surface area (Å²) in [5, 5.41) is 2.79. The van der Waals surface area contributed by atoms with E-state index in [1.54, 1.807) is 18.3 Å². The van der Waals surface area contributed by atoms with Gasteiger partial charge in [-0.3, -0.25) is 4.98 Å². The van der Waals surface area contributed by atoms with Crippen LogP contribution >= 0.6 is 11.3 Å². The van der Waals surface area contributed by atoms with Crippen LogP contribution < -0.4 is 4.72 Å². The molecule has 2 aromatic heterocycles. The quantitative estimate of drug-likeness (QED) is 0.704. The van der Waals surface area contributed by atoms with Crippen LogP contribution in [0.4, 0.5) is 0 Å². The number of sulfonamides is 1. The SMILES string of the molecule is O=S(=O)(Cc1ccccc1)NCCc1csc(-c2ccccn2)n1. The van der Waals surface area contributed by atoms with Gasteiger partial charge >= 0.3 is 0 Å². The fourth-order valence-electron chi connectivity index (χ4n) is 2.21. The van der Waals surface area contributed by atoms with Gasteiger partial charge in [-0.15, -0.1) is 11.3 Å². The molecule has 0 bridgehead atoms. The lowest BCUT2D eigenvalue weighted by Gasteiger charge is -2.05. The minimum atomic E-state index is -3.34. The Bertz CT molecular complexity index is 878. The first-order valence-electron chi connectivity index (χ1n) is 7.49. The molecule has 24 heavy (non-hydrogen) atoms. The van der Waals surface area contributed by atoms with Crippen LogP contribution in [0.25, 0.3) is 10.7 Å². The minimum Gasteiger partial charge on any atom is -0.254 e. The van der Waals surface area contributed by atoms with Crippen molar-refractivity contribution in [2.45, 2.75) is 12.2 Å². The first-order valence-corrected chi connectivity index (χ1v) is 10.0. The Hall–Kier alpha value is -2.09. The van der Waals surface area contributed by atoms with Crippen LogP contribution in [0.5, 0.6) is 0 Å². The average molecular weight is 359 g/mol. The molecule has 0 fully saturated rings. The van der Waals surface area contributed by atoms with Gasteiger partial charge in [0.2, 0.25) is 10.0 Å². The number of pyridine rings is 1. The van der Waals surface area contributed by atoms with Crippen LogP contribution in [0.2, 0.25) is 0 Å². The third-order valence-corrected chi connectivity index (χ3v) is 5.61. The van der Waals surface area contributed by atoms with Gasteiger partial charge in [-0.25, -0.2) is 18.1 Å². The van der Waals surface area contributed by atoms with E-state index >= 15 is 0 Å². The fourth-order valence-corrected chi connectivity index (χ4v) is 4.18. The molecular weight excluding hydrogens is 342 g/mol. The number of thiazole rings is 1. The molecule has 5 nitrogen and oxygen atoms in total. The highest BCUT2D eigenvalue weighted by molar-refractivity contribution is 7.88. The summed E-state index contributed by atoms with van der Waals surface area (Å²) in [6.07, 6.45) is 2.28. The standard InChI is InChI=1S/C17H17N3O2S2/c21-24(22,13-14-6-2-1-3-7-14)19-11-9-15-12-23-17(20-15)16-8-4-5-10-18-16/h1-8,10,12,19H,9,11,13H2. The number of hydrogen-bond acceptors (Lipinski definition) is 5. The maximum absolute atomic E-state index is 12.1. The van der Waals surface area contributed by atoms with Crippen molar-refractivity contribution < 1.29 is 8.42 Å². The van der Waals surface area contributed by atoms with Crippen LogP contribution in [0.15, 0.2) is 60.1 Å². The second-order valence-electron chi connectivity index (χ2n) is 5.25. The molecule has 0 aliphatic carbocycles. The van der Waals surface area contributed by atoms with Gasteiger partial charge in [0, 0.05) is 24.5 Å². The van der Waals surface area contributed by atoms with E-state index in [-0.39, 0.29) is 5.75 Å². The summed E-state index contributed by atoms with van der Waals surface area (Å²) >= 11 is 1.51. The lowest BCUT2D eigenvalue weighted by molar-refractivity contribution is 0.580. The van der Waals surface area contributed by atoms with Gasteiger partial charge in [-0.2, -0.15) is 0 Å². The van der Waals surface area contributed by atoms with Crippen molar-refractivity contribution in [1.29, 1.82) is 0 Å². The molecular formula is C17H17N3O2S2. The molecule has 3 aromatic rings. The molecule has 0 spiro atoms. The topological polar surface area (TPSA) is 72.0 Å². The van der Waals surface area contributed by atoms with Gasteiger partial charge < -0.3 is 0 Å². The van der Waals surface area contributed by atoms with Gasteiger partial charge in [-0.05, 0) is 17.7 Å². The van der Waals surface area contributed by atoms with E-state index in [0.717, 1.165) is 22.0 Å².